The SMILES string of the molecule is CC[C@H](C)[C@H](NC(=O)[C@H](CCCN=C(N)N)NC(=O)[C@H](CC(=O)O)NC(=O)[C@H](CC(C)C)NC(=O)[C@H](Cc1ccccc1)NC(=O)CNC(=O)CNC(=O)[C@@H](N)Cc1ccc(O)cc1)C(=O)NC[C@@H](N)C(=O)N1CCC[C@H]1C(=O)N[C@@H](CCCCN)C(=O)N[C@@H](CC(C)C)C(=O)N[C@@H](CCCCN)C(=O)O. The molecule has 0 spiro atoms. The van der Waals surface area contributed by atoms with Gasteiger partial charge in [-0.25, -0.2) is 4.79 Å². The van der Waals surface area contributed by atoms with Crippen LogP contribution < -0.4 is 92.9 Å². The first kappa shape index (κ1) is 90.1. The molecule has 3 rings (SSSR count). The molecule has 0 unspecified atom stereocenters. The number of hydrogen-bond acceptors (Lipinski definition) is 20. The highest BCUT2D eigenvalue weighted by Crippen LogP contribution is 2.21. The Bertz CT molecular complexity index is 3270. The fourth-order valence-corrected chi connectivity index (χ4v) is 11.4. The van der Waals surface area contributed by atoms with Crippen LogP contribution in [0.1, 0.15) is 143 Å². The molecule has 36 heteroatoms. The van der Waals surface area contributed by atoms with Crippen molar-refractivity contribution in [1.82, 2.24) is 63.4 Å². The molecule has 12 amide bonds. The summed E-state index contributed by atoms with van der Waals surface area (Å²) in [5, 5.41) is 57.5. The number of aliphatic carboxylic acids is 2. The standard InChI is InChI=1S/C70H113N19O17/c1-7-41(6)58(67(103)79-36-46(74)68(104)89-30-16-22-54(89)66(102)83-47(19-11-13-27-71)60(96)85-50(31-39(2)3)62(98)84-49(69(105)106)20-12-14-28-72)88-61(97)48(21-15-29-77-70(75)76)82-65(101)53(35-57(93)94)87-63(99)51(32-40(4)5)86-64(100)52(34-42-17-9-8-10-18-42)81-56(92)38-78-55(91)37-80-59(95)45(73)33-43-23-25-44(90)26-24-43/h8-10,17-18,23-26,39-41,45-54,58,90H,7,11-16,19-22,27-38,71-74H2,1-6H3,(H,78,91)(H,79,103)(H,80,95)(H,81,92)(H,82,101)(H,83,102)(H,84,98)(H,85,96)(H,86,100)(H,87,99)(H,88,97)(H,93,94)(H,105,106)(H4,75,76,77)/t41-,45-,46+,47-,48-,49-,50-,51-,52-,53-,54-,58-/m0/s1. The Morgan fingerprint density at radius 2 is 1.03 bits per heavy atom. The van der Waals surface area contributed by atoms with E-state index in [9.17, 15) is 82.4 Å². The third-order valence-electron chi connectivity index (χ3n) is 17.4. The number of nitrogens with zero attached hydrogens (tertiary/aromatic N) is 2. The van der Waals surface area contributed by atoms with Crippen LogP contribution in [0.5, 0.6) is 5.75 Å². The fourth-order valence-electron chi connectivity index (χ4n) is 11.4. The van der Waals surface area contributed by atoms with Crippen LogP contribution in [-0.4, -0.2) is 221 Å². The molecule has 36 nitrogen and oxygen atoms in total. The molecule has 0 aromatic heterocycles. The zero-order valence-electron chi connectivity index (χ0n) is 61.5. The van der Waals surface area contributed by atoms with Gasteiger partial charge in [-0.2, -0.15) is 0 Å². The third kappa shape index (κ3) is 33.4. The summed E-state index contributed by atoms with van der Waals surface area (Å²) in [4.78, 5) is 196. The van der Waals surface area contributed by atoms with Crippen LogP contribution >= 0.6 is 0 Å². The van der Waals surface area contributed by atoms with Gasteiger partial charge in [-0.15, -0.1) is 0 Å². The van der Waals surface area contributed by atoms with Gasteiger partial charge < -0.3 is 113 Å². The van der Waals surface area contributed by atoms with Gasteiger partial charge in [0.15, 0.2) is 5.96 Å². The molecule has 0 radical (unpaired) electrons. The summed E-state index contributed by atoms with van der Waals surface area (Å²) in [7, 11) is 0. The largest absolute Gasteiger partial charge is 0.508 e. The van der Waals surface area contributed by atoms with Crippen molar-refractivity contribution < 1.29 is 82.4 Å². The van der Waals surface area contributed by atoms with Crippen molar-refractivity contribution >= 4 is 88.8 Å². The fraction of sp³-hybridized carbons (Fsp3) is 0.614. The summed E-state index contributed by atoms with van der Waals surface area (Å²) in [5.74, 6) is -14.3. The van der Waals surface area contributed by atoms with Crippen LogP contribution in [0.3, 0.4) is 0 Å². The Hall–Kier alpha value is -10.1. The smallest absolute Gasteiger partial charge is 0.326 e. The summed E-state index contributed by atoms with van der Waals surface area (Å²) in [6, 6.07) is -0.521. The lowest BCUT2D eigenvalue weighted by Gasteiger charge is -2.30. The van der Waals surface area contributed by atoms with Crippen molar-refractivity contribution in [2.75, 3.05) is 45.8 Å². The Kier molecular flexibility index (Phi) is 40.3. The highest BCUT2D eigenvalue weighted by Gasteiger charge is 2.40. The number of carboxylic acids is 2. The van der Waals surface area contributed by atoms with Crippen molar-refractivity contribution in [3.05, 3.63) is 65.7 Å². The Balaban J connectivity index is 1.79. The van der Waals surface area contributed by atoms with Gasteiger partial charge in [0.2, 0.25) is 70.9 Å². The predicted molar refractivity (Wildman–Crippen MR) is 391 cm³/mol. The van der Waals surface area contributed by atoms with Crippen molar-refractivity contribution in [1.29, 1.82) is 0 Å². The zero-order chi connectivity index (χ0) is 79.2. The van der Waals surface area contributed by atoms with Crippen LogP contribution in [0.25, 0.3) is 0 Å². The molecule has 1 heterocycles. The number of carbonyl (C=O) groups excluding carboxylic acids is 12. The number of rotatable bonds is 49. The first-order chi connectivity index (χ1) is 50.2. The summed E-state index contributed by atoms with van der Waals surface area (Å²) < 4.78 is 0. The number of guanidine groups is 1. The third-order valence-corrected chi connectivity index (χ3v) is 17.4. The van der Waals surface area contributed by atoms with Crippen LogP contribution in [0.15, 0.2) is 59.6 Å². The molecule has 2 aromatic carbocycles. The Morgan fingerprint density at radius 3 is 1.58 bits per heavy atom. The number of aliphatic imine (C=N–C) groups is 1. The second-order valence-electron chi connectivity index (χ2n) is 27.3. The highest BCUT2D eigenvalue weighted by molar-refractivity contribution is 5.99. The number of amides is 12. The van der Waals surface area contributed by atoms with E-state index in [-0.39, 0.29) is 107 Å². The average molecular weight is 1490 g/mol. The lowest BCUT2D eigenvalue weighted by atomic mass is 9.97. The number of nitrogens with one attached hydrogen (secondary N) is 11. The number of phenols is 1. The molecule has 1 saturated heterocycles. The van der Waals surface area contributed by atoms with Crippen molar-refractivity contribution in [3.8, 4) is 5.75 Å². The zero-order valence-corrected chi connectivity index (χ0v) is 61.5. The molecule has 1 fully saturated rings. The first-order valence-electron chi connectivity index (χ1n) is 36.0. The monoisotopic (exact) mass is 1490 g/mol. The maximum atomic E-state index is 14.5. The van der Waals surface area contributed by atoms with E-state index >= 15 is 0 Å². The number of aromatic hydroxyl groups is 1. The second kappa shape index (κ2) is 47.4. The van der Waals surface area contributed by atoms with Gasteiger partial charge in [-0.3, -0.25) is 67.3 Å². The van der Waals surface area contributed by atoms with E-state index in [0.29, 0.717) is 49.8 Å². The quantitative estimate of drug-likeness (QED) is 0.0171. The van der Waals surface area contributed by atoms with Crippen LogP contribution in [0, 0.1) is 17.8 Å². The van der Waals surface area contributed by atoms with Gasteiger partial charge in [0.05, 0.1) is 25.6 Å². The molecule has 0 bridgehead atoms. The van der Waals surface area contributed by atoms with Gasteiger partial charge >= 0.3 is 11.9 Å². The van der Waals surface area contributed by atoms with E-state index in [2.05, 4.69) is 63.5 Å². The van der Waals surface area contributed by atoms with Gasteiger partial charge in [-0.05, 0) is 138 Å². The Labute approximate surface area is 617 Å². The van der Waals surface area contributed by atoms with E-state index in [1.54, 1.807) is 70.2 Å². The highest BCUT2D eigenvalue weighted by atomic mass is 16.4. The van der Waals surface area contributed by atoms with E-state index in [4.69, 9.17) is 34.4 Å². The van der Waals surface area contributed by atoms with Gasteiger partial charge in [-0.1, -0.05) is 90.4 Å². The minimum Gasteiger partial charge on any atom is -0.508 e. The molecule has 0 aliphatic carbocycles. The van der Waals surface area contributed by atoms with Gasteiger partial charge in [0, 0.05) is 26.1 Å². The molecule has 0 saturated carbocycles. The molecule has 26 N–H and O–H groups in total. The number of carbonyl (C=O) groups is 14. The van der Waals surface area contributed by atoms with Crippen LogP contribution in [0.2, 0.25) is 0 Å². The molecule has 590 valence electrons. The Morgan fingerprint density at radius 1 is 0.528 bits per heavy atom. The van der Waals surface area contributed by atoms with Crippen molar-refractivity contribution in [3.63, 3.8) is 0 Å². The minimum absolute atomic E-state index is 0.0234. The lowest BCUT2D eigenvalue weighted by molar-refractivity contribution is -0.143. The first-order valence-corrected chi connectivity index (χ1v) is 36.0. The van der Waals surface area contributed by atoms with Crippen molar-refractivity contribution in [2.24, 2.45) is 57.1 Å². The van der Waals surface area contributed by atoms with E-state index < -0.39 is 181 Å². The number of unbranched alkanes of at least 4 members (excludes halogenated alkanes) is 2. The number of nitrogens with two attached hydrogens (primary N) is 6. The summed E-state index contributed by atoms with van der Waals surface area (Å²) in [6.07, 6.45) is 1.60. The summed E-state index contributed by atoms with van der Waals surface area (Å²) in [6.45, 7) is 9.29. The van der Waals surface area contributed by atoms with E-state index in [0.717, 1.165) is 0 Å². The maximum absolute atomic E-state index is 14.5. The molecule has 1 aliphatic rings. The number of phenolic OH excluding ortho intramolecular Hbond substituents is 1. The normalized spacial score (nSPS) is 15.7. The number of likely N-dealkylation sites (tertiary alicyclic amines) is 1. The summed E-state index contributed by atoms with van der Waals surface area (Å²) in [5.41, 5.74) is 36.1. The molecule has 1 aliphatic heterocycles. The van der Waals surface area contributed by atoms with Gasteiger partial charge in [0.25, 0.3) is 0 Å². The number of hydrogen-bond donors (Lipinski definition) is 20. The van der Waals surface area contributed by atoms with Gasteiger partial charge in [0.1, 0.15) is 66.2 Å². The predicted octanol–water partition coefficient (Wildman–Crippen LogP) is -3.94. The van der Waals surface area contributed by atoms with Crippen molar-refractivity contribution in [2.45, 2.75) is 211 Å². The molecule has 2 aromatic rings. The van der Waals surface area contributed by atoms with Crippen LogP contribution in [0.4, 0.5) is 0 Å². The second-order valence-corrected chi connectivity index (χ2v) is 27.3. The van der Waals surface area contributed by atoms with E-state index in [1.165, 1.54) is 17.0 Å². The molecular formula is C70H113N19O17. The van der Waals surface area contributed by atoms with E-state index in [1.807, 2.05) is 13.8 Å². The maximum Gasteiger partial charge on any atom is 0.326 e. The summed E-state index contributed by atoms with van der Waals surface area (Å²) >= 11 is 0. The average Bonchev–Trinajstić information content (AvgIpc) is 1.59. The number of benzene rings is 2. The lowest BCUT2D eigenvalue weighted by Crippen LogP contribution is -2.61. The molecular weight excluding hydrogens is 1380 g/mol. The number of carboxylic acid groups (broad SMARTS) is 2. The minimum atomic E-state index is -1.91. The van der Waals surface area contributed by atoms with Crippen LogP contribution in [-0.2, 0) is 80.0 Å². The molecule has 12 atom stereocenters. The topological polar surface area (TPSA) is 604 Å². The molecule has 106 heavy (non-hydrogen) atoms.